The first kappa shape index (κ1) is 18.4. The molecule has 0 bridgehead atoms. The molecule has 0 aliphatic carbocycles. The Morgan fingerprint density at radius 2 is 2.11 bits per heavy atom. The number of aromatic nitrogens is 1. The summed E-state index contributed by atoms with van der Waals surface area (Å²) in [5.74, 6) is -0.681. The van der Waals surface area contributed by atoms with Crippen molar-refractivity contribution < 1.29 is 14.3 Å². The van der Waals surface area contributed by atoms with Gasteiger partial charge < -0.3 is 21.1 Å². The van der Waals surface area contributed by atoms with E-state index in [4.69, 9.17) is 15.5 Å². The first-order valence-electron chi connectivity index (χ1n) is 9.07. The van der Waals surface area contributed by atoms with E-state index < -0.39 is 5.97 Å². The number of hydrogen-bond acceptors (Lipinski definition) is 7. The van der Waals surface area contributed by atoms with E-state index >= 15 is 0 Å². The molecule has 0 spiro atoms. The molecule has 0 unspecified atom stereocenters. The van der Waals surface area contributed by atoms with Crippen molar-refractivity contribution in [3.63, 3.8) is 0 Å². The van der Waals surface area contributed by atoms with Crippen LogP contribution in [0.1, 0.15) is 38.2 Å². The van der Waals surface area contributed by atoms with Crippen LogP contribution in [0.25, 0.3) is 10.2 Å². The number of fused-ring (bicyclic) bond motifs is 2. The lowest BCUT2D eigenvalue weighted by molar-refractivity contribution is 0.0526. The van der Waals surface area contributed by atoms with Crippen LogP contribution in [0.3, 0.4) is 0 Å². The smallest absolute Gasteiger partial charge is 0.338 e. The highest BCUT2D eigenvalue weighted by atomic mass is 32.1. The van der Waals surface area contributed by atoms with Crippen molar-refractivity contribution >= 4 is 44.8 Å². The largest absolute Gasteiger partial charge is 0.462 e. The summed E-state index contributed by atoms with van der Waals surface area (Å²) in [6, 6.07) is 8.59. The number of anilines is 2. The quantitative estimate of drug-likeness (QED) is 0.586. The van der Waals surface area contributed by atoms with Gasteiger partial charge in [0.05, 0.1) is 17.9 Å². The Morgan fingerprint density at radius 1 is 1.32 bits per heavy atom. The van der Waals surface area contributed by atoms with Crippen LogP contribution >= 0.6 is 11.3 Å². The lowest BCUT2D eigenvalue weighted by Gasteiger charge is -2.15. The molecule has 0 fully saturated rings. The highest BCUT2D eigenvalue weighted by molar-refractivity contribution is 7.21. The number of thiophene rings is 1. The average Bonchev–Trinajstić information content (AvgIpc) is 3.03. The van der Waals surface area contributed by atoms with Crippen molar-refractivity contribution in [2.24, 2.45) is 0 Å². The number of carbonyl (C=O) groups is 2. The summed E-state index contributed by atoms with van der Waals surface area (Å²) >= 11 is 1.30. The maximum absolute atomic E-state index is 12.7. The molecule has 0 saturated heterocycles. The SMILES string of the molecule is CCOC(=O)c1ccc(NC(=O)c2sc3nc4c(cc3c2N)CNCC4)cc1. The number of nitrogens with two attached hydrogens (primary N) is 1. The summed E-state index contributed by atoms with van der Waals surface area (Å²) in [6.07, 6.45) is 0.872. The number of hydrogen-bond donors (Lipinski definition) is 3. The molecule has 3 heterocycles. The molecule has 0 saturated carbocycles. The molecule has 144 valence electrons. The average molecular weight is 396 g/mol. The normalized spacial score (nSPS) is 13.2. The van der Waals surface area contributed by atoms with Crippen molar-refractivity contribution in [2.75, 3.05) is 24.2 Å². The Morgan fingerprint density at radius 3 is 2.86 bits per heavy atom. The molecule has 8 heteroatoms. The number of nitrogens with zero attached hydrogens (tertiary/aromatic N) is 1. The fraction of sp³-hybridized carbons (Fsp3) is 0.250. The molecule has 0 radical (unpaired) electrons. The third-order valence-electron chi connectivity index (χ3n) is 4.60. The van der Waals surface area contributed by atoms with Crippen LogP contribution in [0.4, 0.5) is 11.4 Å². The number of carbonyl (C=O) groups excluding carboxylic acids is 2. The van der Waals surface area contributed by atoms with Crippen LogP contribution < -0.4 is 16.4 Å². The van der Waals surface area contributed by atoms with Crippen LogP contribution in [0.2, 0.25) is 0 Å². The Balaban J connectivity index is 1.57. The second-order valence-corrected chi connectivity index (χ2v) is 7.47. The Bertz CT molecular complexity index is 1060. The molecular weight excluding hydrogens is 376 g/mol. The Kier molecular flexibility index (Phi) is 4.97. The zero-order chi connectivity index (χ0) is 19.7. The van der Waals surface area contributed by atoms with Crippen molar-refractivity contribution in [3.05, 3.63) is 52.0 Å². The second kappa shape index (κ2) is 7.57. The first-order chi connectivity index (χ1) is 13.6. The highest BCUT2D eigenvalue weighted by Gasteiger charge is 2.20. The number of nitrogens with one attached hydrogen (secondary N) is 2. The van der Waals surface area contributed by atoms with Crippen molar-refractivity contribution in [1.29, 1.82) is 0 Å². The van der Waals surface area contributed by atoms with Gasteiger partial charge in [-0.15, -0.1) is 11.3 Å². The van der Waals surface area contributed by atoms with Gasteiger partial charge in [-0.25, -0.2) is 9.78 Å². The van der Waals surface area contributed by atoms with E-state index in [-0.39, 0.29) is 5.91 Å². The molecule has 3 aromatic rings. The summed E-state index contributed by atoms with van der Waals surface area (Å²) in [6.45, 7) is 3.74. The summed E-state index contributed by atoms with van der Waals surface area (Å²) in [5, 5.41) is 6.96. The molecule has 1 aliphatic heterocycles. The van der Waals surface area contributed by atoms with Gasteiger partial charge in [-0.1, -0.05) is 0 Å². The lowest BCUT2D eigenvalue weighted by atomic mass is 10.1. The minimum atomic E-state index is -0.390. The van der Waals surface area contributed by atoms with E-state index in [2.05, 4.69) is 10.6 Å². The van der Waals surface area contributed by atoms with Gasteiger partial charge in [-0.05, 0) is 42.8 Å². The summed E-state index contributed by atoms with van der Waals surface area (Å²) in [4.78, 5) is 30.4. The van der Waals surface area contributed by atoms with E-state index in [0.717, 1.165) is 41.0 Å². The van der Waals surface area contributed by atoms with Crippen LogP contribution in [0, 0.1) is 0 Å². The summed E-state index contributed by atoms with van der Waals surface area (Å²) in [5.41, 5.74) is 9.90. The number of esters is 1. The number of pyridine rings is 1. The maximum atomic E-state index is 12.7. The number of nitrogen functional groups attached to an aromatic ring is 1. The monoisotopic (exact) mass is 396 g/mol. The van der Waals surface area contributed by atoms with Gasteiger partial charge in [0.25, 0.3) is 5.91 Å². The fourth-order valence-electron chi connectivity index (χ4n) is 3.18. The van der Waals surface area contributed by atoms with E-state index in [1.54, 1.807) is 31.2 Å². The van der Waals surface area contributed by atoms with Gasteiger partial charge in [0.1, 0.15) is 9.71 Å². The predicted molar refractivity (Wildman–Crippen MR) is 110 cm³/mol. The molecule has 7 nitrogen and oxygen atoms in total. The molecule has 1 amide bonds. The Hall–Kier alpha value is -2.97. The van der Waals surface area contributed by atoms with Crippen molar-refractivity contribution in [3.8, 4) is 0 Å². The summed E-state index contributed by atoms with van der Waals surface area (Å²) in [7, 11) is 0. The van der Waals surface area contributed by atoms with Crippen molar-refractivity contribution in [1.82, 2.24) is 10.3 Å². The van der Waals surface area contributed by atoms with Crippen LogP contribution in [-0.2, 0) is 17.7 Å². The predicted octanol–water partition coefficient (Wildman–Crippen LogP) is 2.95. The zero-order valence-corrected chi connectivity index (χ0v) is 16.2. The molecular formula is C20H20N4O3S. The lowest BCUT2D eigenvalue weighted by Crippen LogP contribution is -2.24. The van der Waals surface area contributed by atoms with Gasteiger partial charge in [-0.3, -0.25) is 4.79 Å². The number of rotatable bonds is 4. The molecule has 28 heavy (non-hydrogen) atoms. The maximum Gasteiger partial charge on any atom is 0.338 e. The minimum absolute atomic E-state index is 0.291. The number of amides is 1. The second-order valence-electron chi connectivity index (χ2n) is 6.47. The van der Waals surface area contributed by atoms with Crippen molar-refractivity contribution in [2.45, 2.75) is 19.9 Å². The molecule has 4 rings (SSSR count). The minimum Gasteiger partial charge on any atom is -0.462 e. The molecule has 1 aromatic carbocycles. The molecule has 0 atom stereocenters. The Labute approximate surface area is 165 Å². The third kappa shape index (κ3) is 3.44. The third-order valence-corrected chi connectivity index (χ3v) is 5.72. The standard InChI is InChI=1S/C20H20N4O3S/c1-2-27-20(26)11-3-5-13(6-4-11)23-18(25)17-16(21)14-9-12-10-22-8-7-15(12)24-19(14)28-17/h3-6,9,22H,2,7-8,10,21H2,1H3,(H,23,25). The zero-order valence-electron chi connectivity index (χ0n) is 15.4. The highest BCUT2D eigenvalue weighted by Crippen LogP contribution is 2.34. The van der Waals surface area contributed by atoms with Crippen LogP contribution in [-0.4, -0.2) is 30.0 Å². The number of benzene rings is 1. The van der Waals surface area contributed by atoms with E-state index in [0.29, 0.717) is 28.4 Å². The fourth-order valence-corrected chi connectivity index (χ4v) is 4.17. The van der Waals surface area contributed by atoms with Crippen LogP contribution in [0.15, 0.2) is 30.3 Å². The van der Waals surface area contributed by atoms with Gasteiger partial charge in [0.2, 0.25) is 0 Å². The van der Waals surface area contributed by atoms with Crippen LogP contribution in [0.5, 0.6) is 0 Å². The molecule has 1 aliphatic rings. The molecule has 4 N–H and O–H groups in total. The van der Waals surface area contributed by atoms with E-state index in [1.807, 2.05) is 6.07 Å². The van der Waals surface area contributed by atoms with E-state index in [9.17, 15) is 9.59 Å². The van der Waals surface area contributed by atoms with E-state index in [1.165, 1.54) is 11.3 Å². The van der Waals surface area contributed by atoms with Gasteiger partial charge >= 0.3 is 5.97 Å². The first-order valence-corrected chi connectivity index (χ1v) is 9.88. The van der Waals surface area contributed by atoms with Gasteiger partial charge in [0, 0.05) is 36.3 Å². The van der Waals surface area contributed by atoms with Gasteiger partial charge in [0.15, 0.2) is 0 Å². The molecule has 2 aromatic heterocycles. The number of ether oxygens (including phenoxy) is 1. The topological polar surface area (TPSA) is 106 Å². The van der Waals surface area contributed by atoms with Gasteiger partial charge in [-0.2, -0.15) is 0 Å². The summed E-state index contributed by atoms with van der Waals surface area (Å²) < 4.78 is 4.96.